The second kappa shape index (κ2) is 5.13. The van der Waals surface area contributed by atoms with Gasteiger partial charge >= 0.3 is 0 Å². The lowest BCUT2D eigenvalue weighted by atomic mass is 9.76. The summed E-state index contributed by atoms with van der Waals surface area (Å²) >= 11 is 0. The van der Waals surface area contributed by atoms with E-state index in [9.17, 15) is 4.79 Å². The van der Waals surface area contributed by atoms with Gasteiger partial charge in [-0.25, -0.2) is 0 Å². The molecule has 0 spiro atoms. The fourth-order valence-corrected chi connectivity index (χ4v) is 3.80. The van der Waals surface area contributed by atoms with E-state index in [2.05, 4.69) is 59.9 Å². The first-order valence-corrected chi connectivity index (χ1v) is 7.87. The molecular weight excluding hydrogens is 270 g/mol. The SMILES string of the molecule is CC(=O)c1ccc2c(c1)[C@@H]1C=CC[C@@H]1[C@@H](c1ccccc1)N2. The fraction of sp³-hybridized carbons (Fsp3) is 0.250. The van der Waals surface area contributed by atoms with Crippen molar-refractivity contribution in [2.75, 3.05) is 5.32 Å². The highest BCUT2D eigenvalue weighted by atomic mass is 16.1. The fourth-order valence-electron chi connectivity index (χ4n) is 3.80. The van der Waals surface area contributed by atoms with Gasteiger partial charge in [-0.3, -0.25) is 4.79 Å². The summed E-state index contributed by atoms with van der Waals surface area (Å²) in [6.07, 6.45) is 5.67. The molecule has 3 atom stereocenters. The molecule has 0 radical (unpaired) electrons. The first-order chi connectivity index (χ1) is 10.7. The van der Waals surface area contributed by atoms with Crippen molar-refractivity contribution < 1.29 is 4.79 Å². The van der Waals surface area contributed by atoms with E-state index in [1.807, 2.05) is 6.07 Å². The summed E-state index contributed by atoms with van der Waals surface area (Å²) in [7, 11) is 0. The Morgan fingerprint density at radius 2 is 1.95 bits per heavy atom. The number of fused-ring (bicyclic) bond motifs is 3. The van der Waals surface area contributed by atoms with Crippen LogP contribution in [0.25, 0.3) is 0 Å². The molecule has 2 aliphatic rings. The van der Waals surface area contributed by atoms with Gasteiger partial charge in [-0.2, -0.15) is 0 Å². The van der Waals surface area contributed by atoms with Gasteiger partial charge in [0.15, 0.2) is 5.78 Å². The summed E-state index contributed by atoms with van der Waals surface area (Å²) in [5, 5.41) is 3.70. The number of hydrogen-bond acceptors (Lipinski definition) is 2. The Bertz CT molecular complexity index is 748. The molecule has 110 valence electrons. The third-order valence-corrected chi connectivity index (χ3v) is 4.93. The van der Waals surface area contributed by atoms with E-state index in [0.29, 0.717) is 17.9 Å². The Labute approximate surface area is 130 Å². The largest absolute Gasteiger partial charge is 0.378 e. The second-order valence-electron chi connectivity index (χ2n) is 6.24. The molecule has 1 aliphatic carbocycles. The monoisotopic (exact) mass is 289 g/mol. The van der Waals surface area contributed by atoms with E-state index in [1.54, 1.807) is 6.92 Å². The average molecular weight is 289 g/mol. The van der Waals surface area contributed by atoms with Crippen molar-refractivity contribution in [2.24, 2.45) is 5.92 Å². The van der Waals surface area contributed by atoms with Crippen LogP contribution in [0, 0.1) is 5.92 Å². The predicted molar refractivity (Wildman–Crippen MR) is 89.2 cm³/mol. The minimum absolute atomic E-state index is 0.131. The van der Waals surface area contributed by atoms with Crippen LogP contribution in [0.5, 0.6) is 0 Å². The van der Waals surface area contributed by atoms with Crippen molar-refractivity contribution in [3.63, 3.8) is 0 Å². The predicted octanol–water partition coefficient (Wildman–Crippen LogP) is 4.72. The van der Waals surface area contributed by atoms with E-state index in [4.69, 9.17) is 0 Å². The Balaban J connectivity index is 1.79. The molecule has 22 heavy (non-hydrogen) atoms. The van der Waals surface area contributed by atoms with Gasteiger partial charge in [-0.05, 0) is 48.6 Å². The summed E-state index contributed by atoms with van der Waals surface area (Å²) < 4.78 is 0. The van der Waals surface area contributed by atoms with Gasteiger partial charge < -0.3 is 5.32 Å². The molecule has 0 aromatic heterocycles. The standard InChI is InChI=1S/C20H19NO/c1-13(22)15-10-11-19-18(12-15)16-8-5-9-17(16)20(21-19)14-6-3-2-4-7-14/h2-8,10-12,16-17,20-21H,9H2,1H3/t16-,17+,20-/m1/s1. The summed E-state index contributed by atoms with van der Waals surface area (Å²) in [5.74, 6) is 1.06. The molecule has 4 rings (SSSR count). The summed E-state index contributed by atoms with van der Waals surface area (Å²) in [5.41, 5.74) is 4.56. The summed E-state index contributed by atoms with van der Waals surface area (Å²) in [6, 6.07) is 17.0. The van der Waals surface area contributed by atoms with Gasteiger partial charge in [0.25, 0.3) is 0 Å². The third-order valence-electron chi connectivity index (χ3n) is 4.93. The molecule has 2 aromatic carbocycles. The number of carbonyl (C=O) groups excluding carboxylic acids is 1. The van der Waals surface area contributed by atoms with E-state index < -0.39 is 0 Å². The van der Waals surface area contributed by atoms with Gasteiger partial charge in [-0.1, -0.05) is 42.5 Å². The Kier molecular flexibility index (Phi) is 3.11. The molecule has 2 aromatic rings. The third kappa shape index (κ3) is 2.07. The topological polar surface area (TPSA) is 29.1 Å². The van der Waals surface area contributed by atoms with Crippen molar-refractivity contribution in [3.8, 4) is 0 Å². The van der Waals surface area contributed by atoms with Gasteiger partial charge in [0.05, 0.1) is 6.04 Å². The first kappa shape index (κ1) is 13.3. The van der Waals surface area contributed by atoms with Crippen LogP contribution in [0.2, 0.25) is 0 Å². The highest BCUT2D eigenvalue weighted by Crippen LogP contribution is 2.49. The van der Waals surface area contributed by atoms with Crippen LogP contribution >= 0.6 is 0 Å². The molecule has 0 bridgehead atoms. The van der Waals surface area contributed by atoms with Crippen molar-refractivity contribution in [1.29, 1.82) is 0 Å². The maximum atomic E-state index is 11.7. The molecule has 1 N–H and O–H groups in total. The number of anilines is 1. The molecule has 0 unspecified atom stereocenters. The van der Waals surface area contributed by atoms with Crippen molar-refractivity contribution in [3.05, 3.63) is 77.4 Å². The molecule has 1 aliphatic heterocycles. The number of ketones is 1. The van der Waals surface area contributed by atoms with Crippen LogP contribution in [-0.4, -0.2) is 5.78 Å². The van der Waals surface area contributed by atoms with Gasteiger partial charge in [0.2, 0.25) is 0 Å². The lowest BCUT2D eigenvalue weighted by Crippen LogP contribution is -2.29. The zero-order valence-corrected chi connectivity index (χ0v) is 12.6. The highest BCUT2D eigenvalue weighted by Gasteiger charge is 2.37. The van der Waals surface area contributed by atoms with Crippen LogP contribution in [-0.2, 0) is 0 Å². The van der Waals surface area contributed by atoms with Gasteiger partial charge in [0.1, 0.15) is 0 Å². The van der Waals surface area contributed by atoms with E-state index in [1.165, 1.54) is 11.1 Å². The van der Waals surface area contributed by atoms with Crippen molar-refractivity contribution in [2.45, 2.75) is 25.3 Å². The minimum atomic E-state index is 0.131. The van der Waals surface area contributed by atoms with Crippen molar-refractivity contribution in [1.82, 2.24) is 0 Å². The van der Waals surface area contributed by atoms with Crippen LogP contribution in [0.4, 0.5) is 5.69 Å². The van der Waals surface area contributed by atoms with E-state index in [0.717, 1.165) is 17.7 Å². The van der Waals surface area contributed by atoms with Gasteiger partial charge in [0, 0.05) is 17.2 Å². The molecule has 0 fully saturated rings. The Morgan fingerprint density at radius 1 is 1.14 bits per heavy atom. The lowest BCUT2D eigenvalue weighted by molar-refractivity contribution is 0.101. The van der Waals surface area contributed by atoms with Crippen LogP contribution in [0.15, 0.2) is 60.7 Å². The van der Waals surface area contributed by atoms with Crippen molar-refractivity contribution >= 4 is 11.5 Å². The maximum Gasteiger partial charge on any atom is 0.159 e. The number of hydrogen-bond donors (Lipinski definition) is 1. The second-order valence-corrected chi connectivity index (χ2v) is 6.24. The number of nitrogens with one attached hydrogen (secondary N) is 1. The van der Waals surface area contributed by atoms with Crippen LogP contribution in [0.3, 0.4) is 0 Å². The molecular formula is C20H19NO. The number of Topliss-reactive ketones (excluding diaryl/α,β-unsaturated/α-hetero) is 1. The first-order valence-electron chi connectivity index (χ1n) is 7.87. The number of allylic oxidation sites excluding steroid dienone is 2. The quantitative estimate of drug-likeness (QED) is 0.640. The van der Waals surface area contributed by atoms with Gasteiger partial charge in [-0.15, -0.1) is 0 Å². The Morgan fingerprint density at radius 3 is 2.73 bits per heavy atom. The average Bonchev–Trinajstić information content (AvgIpc) is 3.04. The molecule has 0 amide bonds. The van der Waals surface area contributed by atoms with Crippen LogP contribution < -0.4 is 5.32 Å². The molecule has 0 saturated heterocycles. The van der Waals surface area contributed by atoms with E-state index >= 15 is 0 Å². The Hall–Kier alpha value is -2.35. The van der Waals surface area contributed by atoms with Crippen LogP contribution in [0.1, 0.15) is 46.8 Å². The summed E-state index contributed by atoms with van der Waals surface area (Å²) in [4.78, 5) is 11.7. The smallest absolute Gasteiger partial charge is 0.159 e. The molecule has 0 saturated carbocycles. The number of rotatable bonds is 2. The number of carbonyl (C=O) groups is 1. The number of benzene rings is 2. The summed E-state index contributed by atoms with van der Waals surface area (Å²) in [6.45, 7) is 1.63. The maximum absolute atomic E-state index is 11.7. The molecule has 2 heteroatoms. The minimum Gasteiger partial charge on any atom is -0.378 e. The molecule has 1 heterocycles. The van der Waals surface area contributed by atoms with E-state index in [-0.39, 0.29) is 5.78 Å². The zero-order chi connectivity index (χ0) is 15.1. The molecule has 2 nitrogen and oxygen atoms in total. The lowest BCUT2D eigenvalue weighted by Gasteiger charge is -2.37. The normalized spacial score (nSPS) is 25.2. The zero-order valence-electron chi connectivity index (χ0n) is 12.6. The highest BCUT2D eigenvalue weighted by molar-refractivity contribution is 5.95.